The second kappa shape index (κ2) is 3.21. The number of allylic oxidation sites excluding steroid dienone is 3. The first-order chi connectivity index (χ1) is 7.12. The summed E-state index contributed by atoms with van der Waals surface area (Å²) in [4.78, 5) is 0.591. The highest BCUT2D eigenvalue weighted by atomic mass is 32.2. The maximum absolute atomic E-state index is 12.0. The first-order valence-corrected chi connectivity index (χ1v) is 5.95. The van der Waals surface area contributed by atoms with Gasteiger partial charge in [0.05, 0.1) is 9.80 Å². The zero-order valence-corrected chi connectivity index (χ0v) is 8.92. The summed E-state index contributed by atoms with van der Waals surface area (Å²) in [7, 11) is -3.37. The van der Waals surface area contributed by atoms with Crippen molar-refractivity contribution in [3.05, 3.63) is 60.0 Å². The Balaban J connectivity index is 2.91. The third kappa shape index (κ3) is 1.20. The molecule has 0 amide bonds. The summed E-state index contributed by atoms with van der Waals surface area (Å²) in [5.41, 5.74) is 1.35. The Labute approximate surface area is 89.2 Å². The van der Waals surface area contributed by atoms with Gasteiger partial charge in [0.1, 0.15) is 0 Å². The Bertz CT molecular complexity index is 577. The van der Waals surface area contributed by atoms with Gasteiger partial charge in [0.15, 0.2) is 0 Å². The molecule has 0 N–H and O–H groups in total. The van der Waals surface area contributed by atoms with Crippen molar-refractivity contribution in [3.8, 4) is 0 Å². The molecule has 0 atom stereocenters. The normalized spacial score (nSPS) is 17.3. The minimum atomic E-state index is -3.37. The van der Waals surface area contributed by atoms with Gasteiger partial charge in [0, 0.05) is 11.1 Å². The molecule has 0 aromatic heterocycles. The predicted octanol–water partition coefficient (Wildman–Crippen LogP) is 2.56. The topological polar surface area (TPSA) is 34.1 Å². The number of rotatable bonds is 2. The lowest BCUT2D eigenvalue weighted by atomic mass is 10.1. The fourth-order valence-electron chi connectivity index (χ4n) is 1.75. The van der Waals surface area contributed by atoms with Gasteiger partial charge in [0.25, 0.3) is 0 Å². The molecule has 0 aliphatic carbocycles. The highest BCUT2D eigenvalue weighted by molar-refractivity contribution is 7.96. The number of fused-ring (bicyclic) bond motifs is 1. The molecule has 0 unspecified atom stereocenters. The highest BCUT2D eigenvalue weighted by Crippen LogP contribution is 2.39. The Morgan fingerprint density at radius 1 is 1.07 bits per heavy atom. The monoisotopic (exact) mass is 218 g/mol. The van der Waals surface area contributed by atoms with Crippen LogP contribution in [0.3, 0.4) is 0 Å². The van der Waals surface area contributed by atoms with Crippen LogP contribution in [0, 0.1) is 0 Å². The molecule has 0 fully saturated rings. The standard InChI is InChI=1S/C12H10O2S/c1-3-9-10-7-5-6-8-12(10)15(13,14)11(9)4-2/h3-8H,1-2H2. The molecule has 2 nitrogen and oxygen atoms in total. The van der Waals surface area contributed by atoms with E-state index in [1.807, 2.05) is 6.07 Å². The summed E-state index contributed by atoms with van der Waals surface area (Å²) in [6.07, 6.45) is 2.92. The van der Waals surface area contributed by atoms with Crippen LogP contribution in [0.5, 0.6) is 0 Å². The zero-order chi connectivity index (χ0) is 11.1. The fourth-order valence-corrected chi connectivity index (χ4v) is 3.41. The van der Waals surface area contributed by atoms with E-state index in [9.17, 15) is 8.42 Å². The first kappa shape index (κ1) is 9.93. The van der Waals surface area contributed by atoms with Gasteiger partial charge in [-0.25, -0.2) is 8.42 Å². The van der Waals surface area contributed by atoms with Crippen molar-refractivity contribution in [1.29, 1.82) is 0 Å². The smallest absolute Gasteiger partial charge is 0.207 e. The van der Waals surface area contributed by atoms with Gasteiger partial charge in [-0.05, 0) is 12.1 Å². The van der Waals surface area contributed by atoms with E-state index in [4.69, 9.17) is 0 Å². The van der Waals surface area contributed by atoms with Crippen molar-refractivity contribution in [2.24, 2.45) is 0 Å². The van der Waals surface area contributed by atoms with Gasteiger partial charge in [-0.2, -0.15) is 0 Å². The number of hydrogen-bond donors (Lipinski definition) is 0. The summed E-state index contributed by atoms with van der Waals surface area (Å²) in [5, 5.41) is 0. The van der Waals surface area contributed by atoms with E-state index in [1.165, 1.54) is 6.08 Å². The SMILES string of the molecule is C=CC1=C(C=C)S(=O)(=O)c2ccccc21. The molecule has 1 heterocycles. The molecule has 1 aliphatic heterocycles. The first-order valence-electron chi connectivity index (χ1n) is 4.46. The molecule has 0 radical (unpaired) electrons. The lowest BCUT2D eigenvalue weighted by Gasteiger charge is -1.97. The van der Waals surface area contributed by atoms with E-state index in [1.54, 1.807) is 24.3 Å². The molecule has 0 bridgehead atoms. The number of sulfone groups is 1. The van der Waals surface area contributed by atoms with Crippen molar-refractivity contribution < 1.29 is 8.42 Å². The highest BCUT2D eigenvalue weighted by Gasteiger charge is 2.31. The maximum Gasteiger partial charge on any atom is 0.207 e. The van der Waals surface area contributed by atoms with Crippen molar-refractivity contribution in [1.82, 2.24) is 0 Å². The third-order valence-corrected chi connectivity index (χ3v) is 4.31. The largest absolute Gasteiger partial charge is 0.218 e. The van der Waals surface area contributed by atoms with Gasteiger partial charge >= 0.3 is 0 Å². The molecule has 3 heteroatoms. The molecule has 1 aromatic carbocycles. The van der Waals surface area contributed by atoms with Crippen LogP contribution in [0.4, 0.5) is 0 Å². The minimum absolute atomic E-state index is 0.249. The third-order valence-electron chi connectivity index (χ3n) is 2.41. The Morgan fingerprint density at radius 3 is 2.33 bits per heavy atom. The van der Waals surface area contributed by atoms with Crippen molar-refractivity contribution >= 4 is 15.4 Å². The van der Waals surface area contributed by atoms with Gasteiger partial charge in [-0.15, -0.1) is 0 Å². The number of hydrogen-bond acceptors (Lipinski definition) is 2. The molecule has 2 rings (SSSR count). The van der Waals surface area contributed by atoms with E-state index >= 15 is 0 Å². The lowest BCUT2D eigenvalue weighted by Crippen LogP contribution is -1.97. The van der Waals surface area contributed by atoms with Crippen LogP contribution in [0.25, 0.3) is 5.57 Å². The summed E-state index contributed by atoms with van der Waals surface area (Å²) < 4.78 is 24.0. The second-order valence-corrected chi connectivity index (χ2v) is 5.07. The summed E-state index contributed by atoms with van der Waals surface area (Å²) in [6, 6.07) is 6.90. The second-order valence-electron chi connectivity index (χ2n) is 3.19. The van der Waals surface area contributed by atoms with E-state index in [2.05, 4.69) is 13.2 Å². The lowest BCUT2D eigenvalue weighted by molar-refractivity contribution is 0.604. The fraction of sp³-hybridized carbons (Fsp3) is 0. The Kier molecular flexibility index (Phi) is 2.12. The molecule has 15 heavy (non-hydrogen) atoms. The molecule has 1 aromatic rings. The van der Waals surface area contributed by atoms with Crippen LogP contribution in [0.2, 0.25) is 0 Å². The van der Waals surface area contributed by atoms with Crippen LogP contribution in [-0.4, -0.2) is 8.42 Å². The molecular formula is C12H10O2S. The minimum Gasteiger partial charge on any atom is -0.218 e. The summed E-state index contributed by atoms with van der Waals surface area (Å²) >= 11 is 0. The van der Waals surface area contributed by atoms with Gasteiger partial charge < -0.3 is 0 Å². The van der Waals surface area contributed by atoms with Gasteiger partial charge in [-0.3, -0.25) is 0 Å². The van der Waals surface area contributed by atoms with Crippen LogP contribution < -0.4 is 0 Å². The van der Waals surface area contributed by atoms with Crippen LogP contribution in [-0.2, 0) is 9.84 Å². The predicted molar refractivity (Wildman–Crippen MR) is 60.9 cm³/mol. The molecule has 0 spiro atoms. The Hall–Kier alpha value is -1.61. The van der Waals surface area contributed by atoms with Crippen molar-refractivity contribution in [2.45, 2.75) is 4.90 Å². The van der Waals surface area contributed by atoms with Crippen LogP contribution in [0.1, 0.15) is 5.56 Å². The molecule has 0 saturated heterocycles. The van der Waals surface area contributed by atoms with E-state index in [0.29, 0.717) is 16.0 Å². The molecular weight excluding hydrogens is 208 g/mol. The molecule has 76 valence electrons. The molecule has 1 aliphatic rings. The average molecular weight is 218 g/mol. The average Bonchev–Trinajstić information content (AvgIpc) is 2.46. The quantitative estimate of drug-likeness (QED) is 0.764. The van der Waals surface area contributed by atoms with Crippen molar-refractivity contribution in [3.63, 3.8) is 0 Å². The number of benzene rings is 1. The van der Waals surface area contributed by atoms with Crippen LogP contribution in [0.15, 0.2) is 59.4 Å². The van der Waals surface area contributed by atoms with Crippen LogP contribution >= 0.6 is 0 Å². The van der Waals surface area contributed by atoms with E-state index in [-0.39, 0.29) is 4.91 Å². The van der Waals surface area contributed by atoms with Crippen molar-refractivity contribution in [2.75, 3.05) is 0 Å². The zero-order valence-electron chi connectivity index (χ0n) is 8.10. The van der Waals surface area contributed by atoms with E-state index < -0.39 is 9.84 Å². The Morgan fingerprint density at radius 2 is 1.73 bits per heavy atom. The van der Waals surface area contributed by atoms with Gasteiger partial charge in [-0.1, -0.05) is 37.4 Å². The van der Waals surface area contributed by atoms with Gasteiger partial charge in [0.2, 0.25) is 9.84 Å². The molecule has 0 saturated carbocycles. The van der Waals surface area contributed by atoms with E-state index in [0.717, 1.165) is 0 Å². The summed E-state index contributed by atoms with van der Waals surface area (Å²) in [6.45, 7) is 7.17. The maximum atomic E-state index is 12.0. The summed E-state index contributed by atoms with van der Waals surface area (Å²) in [5.74, 6) is 0.